The summed E-state index contributed by atoms with van der Waals surface area (Å²) in [5.41, 5.74) is 0.269. The first-order chi connectivity index (χ1) is 8.86. The summed E-state index contributed by atoms with van der Waals surface area (Å²) in [7, 11) is -2.82. The Labute approximate surface area is 118 Å². The van der Waals surface area contributed by atoms with E-state index < -0.39 is 9.84 Å². The summed E-state index contributed by atoms with van der Waals surface area (Å²) in [5, 5.41) is 3.57. The van der Waals surface area contributed by atoms with Gasteiger partial charge in [0.2, 0.25) is 0 Å². The monoisotopic (exact) mass is 287 g/mol. The Morgan fingerprint density at radius 1 is 1.26 bits per heavy atom. The number of sulfone groups is 1. The standard InChI is InChI=1S/C15H29NO2S/c1-4-19(17,18)6-5-15(11-16-10-12(2)3)8-13-7-14(13)9-15/h12-14,16H,4-11H2,1-3H3. The number of nitrogens with one attached hydrogen (secondary N) is 1. The van der Waals surface area contributed by atoms with Crippen LogP contribution >= 0.6 is 0 Å². The summed E-state index contributed by atoms with van der Waals surface area (Å²) in [5.74, 6) is 3.14. The molecule has 0 bridgehead atoms. The van der Waals surface area contributed by atoms with E-state index in [2.05, 4.69) is 19.2 Å². The van der Waals surface area contributed by atoms with Crippen LogP contribution in [-0.4, -0.2) is 33.0 Å². The smallest absolute Gasteiger partial charge is 0.150 e. The summed E-state index contributed by atoms with van der Waals surface area (Å²) in [6, 6.07) is 0. The molecule has 2 saturated carbocycles. The van der Waals surface area contributed by atoms with Crippen molar-refractivity contribution in [2.24, 2.45) is 23.2 Å². The molecule has 2 unspecified atom stereocenters. The van der Waals surface area contributed by atoms with Crippen LogP contribution in [0.15, 0.2) is 0 Å². The Bertz CT molecular complexity index is 392. The zero-order valence-electron chi connectivity index (χ0n) is 12.6. The van der Waals surface area contributed by atoms with Gasteiger partial charge >= 0.3 is 0 Å². The lowest BCUT2D eigenvalue weighted by molar-refractivity contribution is 0.238. The molecule has 0 radical (unpaired) electrons. The maximum Gasteiger partial charge on any atom is 0.150 e. The zero-order valence-corrected chi connectivity index (χ0v) is 13.4. The topological polar surface area (TPSA) is 46.2 Å². The SMILES string of the molecule is CCS(=O)(=O)CCC1(CNCC(C)C)CC2CC2C1. The zero-order chi connectivity index (χ0) is 14.1. The Morgan fingerprint density at radius 2 is 1.89 bits per heavy atom. The molecule has 0 aliphatic heterocycles. The van der Waals surface area contributed by atoms with Crippen molar-refractivity contribution in [2.45, 2.75) is 46.5 Å². The van der Waals surface area contributed by atoms with E-state index in [1.165, 1.54) is 19.3 Å². The van der Waals surface area contributed by atoms with E-state index in [1.54, 1.807) is 6.92 Å². The third-order valence-electron chi connectivity index (χ3n) is 4.90. The van der Waals surface area contributed by atoms with Gasteiger partial charge < -0.3 is 5.32 Å². The highest BCUT2D eigenvalue weighted by atomic mass is 32.2. The van der Waals surface area contributed by atoms with Gasteiger partial charge in [-0.15, -0.1) is 0 Å². The van der Waals surface area contributed by atoms with Gasteiger partial charge in [0.1, 0.15) is 9.84 Å². The molecule has 2 aliphatic rings. The Balaban J connectivity index is 1.88. The van der Waals surface area contributed by atoms with Crippen molar-refractivity contribution in [1.29, 1.82) is 0 Å². The Hall–Kier alpha value is -0.0900. The highest BCUT2D eigenvalue weighted by Gasteiger charge is 2.53. The average Bonchev–Trinajstić information content (AvgIpc) is 2.95. The van der Waals surface area contributed by atoms with Crippen LogP contribution in [0.4, 0.5) is 0 Å². The summed E-state index contributed by atoms with van der Waals surface area (Å²) >= 11 is 0. The van der Waals surface area contributed by atoms with Crippen LogP contribution in [-0.2, 0) is 9.84 Å². The third kappa shape index (κ3) is 4.19. The second kappa shape index (κ2) is 5.72. The fourth-order valence-electron chi connectivity index (χ4n) is 3.59. The van der Waals surface area contributed by atoms with Crippen LogP contribution in [0.2, 0.25) is 0 Å². The summed E-state index contributed by atoms with van der Waals surface area (Å²) in [6.45, 7) is 8.24. The molecule has 19 heavy (non-hydrogen) atoms. The van der Waals surface area contributed by atoms with E-state index in [4.69, 9.17) is 0 Å². The molecule has 0 aromatic heterocycles. The van der Waals surface area contributed by atoms with Crippen molar-refractivity contribution in [3.05, 3.63) is 0 Å². The van der Waals surface area contributed by atoms with Gasteiger partial charge in [0, 0.05) is 12.3 Å². The molecule has 2 atom stereocenters. The lowest BCUT2D eigenvalue weighted by Crippen LogP contribution is -2.36. The van der Waals surface area contributed by atoms with Crippen molar-refractivity contribution in [1.82, 2.24) is 5.32 Å². The maximum atomic E-state index is 11.8. The quantitative estimate of drug-likeness (QED) is 0.746. The van der Waals surface area contributed by atoms with Gasteiger partial charge in [-0.3, -0.25) is 0 Å². The van der Waals surface area contributed by atoms with Gasteiger partial charge in [0.05, 0.1) is 5.75 Å². The molecule has 0 amide bonds. The first kappa shape index (κ1) is 15.3. The lowest BCUT2D eigenvalue weighted by Gasteiger charge is -2.31. The maximum absolute atomic E-state index is 11.8. The molecule has 3 nitrogen and oxygen atoms in total. The van der Waals surface area contributed by atoms with Crippen molar-refractivity contribution < 1.29 is 8.42 Å². The van der Waals surface area contributed by atoms with Gasteiger partial charge in [0.15, 0.2) is 0 Å². The third-order valence-corrected chi connectivity index (χ3v) is 6.60. The van der Waals surface area contributed by atoms with Gasteiger partial charge in [0.25, 0.3) is 0 Å². The number of fused-ring (bicyclic) bond motifs is 1. The van der Waals surface area contributed by atoms with Crippen LogP contribution in [0.25, 0.3) is 0 Å². The highest BCUT2D eigenvalue weighted by Crippen LogP contribution is 2.60. The minimum Gasteiger partial charge on any atom is -0.316 e. The molecule has 0 spiro atoms. The van der Waals surface area contributed by atoms with Gasteiger partial charge in [-0.2, -0.15) is 0 Å². The molecule has 0 aromatic carbocycles. The van der Waals surface area contributed by atoms with E-state index in [9.17, 15) is 8.42 Å². The minimum absolute atomic E-state index is 0.269. The molecule has 2 aliphatic carbocycles. The van der Waals surface area contributed by atoms with E-state index in [0.29, 0.717) is 11.7 Å². The molecule has 0 aromatic rings. The van der Waals surface area contributed by atoms with E-state index in [1.807, 2.05) is 0 Å². The summed E-state index contributed by atoms with van der Waals surface area (Å²) in [4.78, 5) is 0. The molecule has 4 heteroatoms. The van der Waals surface area contributed by atoms with Gasteiger partial charge in [-0.25, -0.2) is 8.42 Å². The highest BCUT2D eigenvalue weighted by molar-refractivity contribution is 7.91. The predicted octanol–water partition coefficient (Wildman–Crippen LogP) is 2.47. The number of hydrogen-bond donors (Lipinski definition) is 1. The minimum atomic E-state index is -2.82. The first-order valence-corrected chi connectivity index (χ1v) is 9.59. The average molecular weight is 287 g/mol. The van der Waals surface area contributed by atoms with Crippen LogP contribution < -0.4 is 5.32 Å². The van der Waals surface area contributed by atoms with Crippen LogP contribution in [0, 0.1) is 23.2 Å². The number of rotatable bonds is 8. The lowest BCUT2D eigenvalue weighted by atomic mass is 9.80. The fourth-order valence-corrected chi connectivity index (χ4v) is 4.62. The van der Waals surface area contributed by atoms with Crippen molar-refractivity contribution >= 4 is 9.84 Å². The Morgan fingerprint density at radius 3 is 2.42 bits per heavy atom. The first-order valence-electron chi connectivity index (χ1n) is 7.77. The van der Waals surface area contributed by atoms with Crippen molar-refractivity contribution in [3.8, 4) is 0 Å². The molecular formula is C15H29NO2S. The van der Waals surface area contributed by atoms with Crippen molar-refractivity contribution in [2.75, 3.05) is 24.6 Å². The Kier molecular flexibility index (Phi) is 4.61. The molecule has 112 valence electrons. The molecule has 1 N–H and O–H groups in total. The summed E-state index contributed by atoms with van der Waals surface area (Å²) in [6.07, 6.45) is 4.76. The second-order valence-electron chi connectivity index (χ2n) is 7.18. The predicted molar refractivity (Wildman–Crippen MR) is 79.9 cm³/mol. The molecule has 2 fully saturated rings. The fraction of sp³-hybridized carbons (Fsp3) is 1.00. The molecule has 0 heterocycles. The molecular weight excluding hydrogens is 258 g/mol. The largest absolute Gasteiger partial charge is 0.316 e. The van der Waals surface area contributed by atoms with E-state index in [-0.39, 0.29) is 11.2 Å². The van der Waals surface area contributed by atoms with Crippen molar-refractivity contribution in [3.63, 3.8) is 0 Å². The summed E-state index contributed by atoms with van der Waals surface area (Å²) < 4.78 is 23.5. The van der Waals surface area contributed by atoms with Gasteiger partial charge in [-0.1, -0.05) is 20.8 Å². The van der Waals surface area contributed by atoms with Crippen LogP contribution in [0.5, 0.6) is 0 Å². The second-order valence-corrected chi connectivity index (χ2v) is 9.65. The normalized spacial score (nSPS) is 33.7. The van der Waals surface area contributed by atoms with E-state index >= 15 is 0 Å². The van der Waals surface area contributed by atoms with Crippen LogP contribution in [0.1, 0.15) is 46.5 Å². The number of hydrogen-bond acceptors (Lipinski definition) is 3. The van der Waals surface area contributed by atoms with Gasteiger partial charge in [-0.05, 0) is 55.4 Å². The molecule has 2 rings (SSSR count). The van der Waals surface area contributed by atoms with E-state index in [0.717, 1.165) is 31.3 Å². The molecule has 0 saturated heterocycles. The van der Waals surface area contributed by atoms with Crippen LogP contribution in [0.3, 0.4) is 0 Å².